The second-order valence-corrected chi connectivity index (χ2v) is 5.09. The molecule has 6 heteroatoms. The average molecular weight is 272 g/mol. The summed E-state index contributed by atoms with van der Waals surface area (Å²) in [5.74, 6) is 0.692. The number of aryl methyl sites for hydroxylation is 1. The molecule has 1 aromatic heterocycles. The van der Waals surface area contributed by atoms with Crippen molar-refractivity contribution in [3.8, 4) is 0 Å². The summed E-state index contributed by atoms with van der Waals surface area (Å²) in [6.45, 7) is 3.57. The van der Waals surface area contributed by atoms with E-state index in [0.29, 0.717) is 29.8 Å². The quantitative estimate of drug-likeness (QED) is 0.821. The van der Waals surface area contributed by atoms with E-state index in [-0.39, 0.29) is 11.5 Å². The second-order valence-electron chi connectivity index (χ2n) is 5.09. The van der Waals surface area contributed by atoms with Gasteiger partial charge in [0.05, 0.1) is 17.4 Å². The molecule has 20 heavy (non-hydrogen) atoms. The number of H-pyrrole nitrogens is 1. The topological polar surface area (TPSA) is 69.3 Å². The molecule has 1 saturated heterocycles. The summed E-state index contributed by atoms with van der Waals surface area (Å²) in [4.78, 5) is 34.4. The fourth-order valence-electron chi connectivity index (χ4n) is 2.42. The summed E-state index contributed by atoms with van der Waals surface area (Å²) in [5, 5.41) is 0.555. The van der Waals surface area contributed by atoms with Crippen LogP contribution in [0.5, 0.6) is 0 Å². The molecule has 0 saturated carbocycles. The van der Waals surface area contributed by atoms with Gasteiger partial charge in [0, 0.05) is 25.8 Å². The minimum Gasteiger partial charge on any atom is -0.360 e. The number of hydrogen-bond donors (Lipinski definition) is 1. The van der Waals surface area contributed by atoms with Crippen LogP contribution in [0.25, 0.3) is 10.9 Å². The van der Waals surface area contributed by atoms with E-state index < -0.39 is 0 Å². The fourth-order valence-corrected chi connectivity index (χ4v) is 2.42. The van der Waals surface area contributed by atoms with Crippen LogP contribution in [0.15, 0.2) is 23.0 Å². The van der Waals surface area contributed by atoms with E-state index in [4.69, 9.17) is 0 Å². The Bertz CT molecular complexity index is 738. The molecule has 1 amide bonds. The van der Waals surface area contributed by atoms with Crippen LogP contribution in [0.4, 0.5) is 5.69 Å². The van der Waals surface area contributed by atoms with Gasteiger partial charge in [-0.1, -0.05) is 0 Å². The zero-order valence-electron chi connectivity index (χ0n) is 11.5. The molecule has 2 heterocycles. The van der Waals surface area contributed by atoms with E-state index >= 15 is 0 Å². The smallest absolute Gasteiger partial charge is 0.258 e. The number of rotatable bonds is 1. The normalized spacial score (nSPS) is 16.0. The van der Waals surface area contributed by atoms with Crippen LogP contribution in [0.3, 0.4) is 0 Å². The lowest BCUT2D eigenvalue weighted by atomic mass is 10.2. The van der Waals surface area contributed by atoms with E-state index in [1.807, 2.05) is 17.0 Å². The Kier molecular flexibility index (Phi) is 2.93. The van der Waals surface area contributed by atoms with Gasteiger partial charge in [0.25, 0.3) is 5.56 Å². The van der Waals surface area contributed by atoms with Crippen molar-refractivity contribution in [3.63, 3.8) is 0 Å². The van der Waals surface area contributed by atoms with Crippen molar-refractivity contribution in [2.24, 2.45) is 0 Å². The summed E-state index contributed by atoms with van der Waals surface area (Å²) in [5.41, 5.74) is 1.42. The Balaban J connectivity index is 2.01. The van der Waals surface area contributed by atoms with Crippen LogP contribution in [0.2, 0.25) is 0 Å². The number of carbonyl (C=O) groups is 1. The minimum atomic E-state index is -0.144. The van der Waals surface area contributed by atoms with Crippen molar-refractivity contribution in [1.29, 1.82) is 0 Å². The van der Waals surface area contributed by atoms with E-state index in [2.05, 4.69) is 9.97 Å². The lowest BCUT2D eigenvalue weighted by Crippen LogP contribution is -2.48. The molecule has 1 fully saturated rings. The Hall–Kier alpha value is -2.37. The Morgan fingerprint density at radius 1 is 1.25 bits per heavy atom. The average Bonchev–Trinajstić information content (AvgIpc) is 2.41. The maximum absolute atomic E-state index is 12.0. The summed E-state index contributed by atoms with van der Waals surface area (Å²) < 4.78 is 0. The maximum atomic E-state index is 12.0. The lowest BCUT2D eigenvalue weighted by molar-refractivity contribution is -0.129. The number of aromatic nitrogens is 2. The van der Waals surface area contributed by atoms with Gasteiger partial charge in [-0.2, -0.15) is 0 Å². The number of nitrogens with zero attached hydrogens (tertiary/aromatic N) is 3. The van der Waals surface area contributed by atoms with Crippen molar-refractivity contribution in [2.75, 3.05) is 31.6 Å². The van der Waals surface area contributed by atoms with Crippen molar-refractivity contribution in [3.05, 3.63) is 34.4 Å². The largest absolute Gasteiger partial charge is 0.360 e. The first-order chi connectivity index (χ1) is 9.54. The molecule has 0 aliphatic carbocycles. The van der Waals surface area contributed by atoms with Gasteiger partial charge in [0.1, 0.15) is 5.82 Å². The number of hydrogen-bond acceptors (Lipinski definition) is 4. The first kappa shape index (κ1) is 12.7. The molecular weight excluding hydrogens is 256 g/mol. The molecule has 0 radical (unpaired) electrons. The van der Waals surface area contributed by atoms with E-state index in [1.165, 1.54) is 0 Å². The second kappa shape index (κ2) is 4.63. The van der Waals surface area contributed by atoms with Crippen molar-refractivity contribution < 1.29 is 4.79 Å². The minimum absolute atomic E-state index is 0.0901. The van der Waals surface area contributed by atoms with Gasteiger partial charge in [-0.25, -0.2) is 4.98 Å². The summed E-state index contributed by atoms with van der Waals surface area (Å²) >= 11 is 0. The highest BCUT2D eigenvalue weighted by Crippen LogP contribution is 2.20. The zero-order chi connectivity index (χ0) is 14.3. The standard InChI is InChI=1S/C14H16N4O2/c1-9-15-12-4-3-10(7-11(12)14(20)16-9)18-6-5-17(2)13(19)8-18/h3-4,7H,5-6,8H2,1-2H3,(H,15,16,20). The highest BCUT2D eigenvalue weighted by atomic mass is 16.2. The number of fused-ring (bicyclic) bond motifs is 1. The highest BCUT2D eigenvalue weighted by molar-refractivity contribution is 5.85. The molecule has 2 aromatic rings. The number of amides is 1. The number of aromatic amines is 1. The number of anilines is 1. The molecule has 1 N–H and O–H groups in total. The van der Waals surface area contributed by atoms with E-state index in [0.717, 1.165) is 12.2 Å². The third-order valence-electron chi connectivity index (χ3n) is 3.63. The maximum Gasteiger partial charge on any atom is 0.258 e. The van der Waals surface area contributed by atoms with Gasteiger partial charge < -0.3 is 14.8 Å². The third kappa shape index (κ3) is 2.13. The predicted octanol–water partition coefficient (Wildman–Crippen LogP) is 0.510. The molecule has 3 rings (SSSR count). The van der Waals surface area contributed by atoms with Crippen LogP contribution < -0.4 is 10.5 Å². The summed E-state index contributed by atoms with van der Waals surface area (Å²) in [6.07, 6.45) is 0. The molecule has 0 bridgehead atoms. The Morgan fingerprint density at radius 2 is 2.05 bits per heavy atom. The highest BCUT2D eigenvalue weighted by Gasteiger charge is 2.21. The number of carbonyl (C=O) groups excluding carboxylic acids is 1. The van der Waals surface area contributed by atoms with E-state index in [1.54, 1.807) is 24.9 Å². The van der Waals surface area contributed by atoms with Crippen LogP contribution in [0, 0.1) is 6.92 Å². The molecule has 0 unspecified atom stereocenters. The SMILES string of the molecule is Cc1nc2ccc(N3CCN(C)C(=O)C3)cc2c(=O)[nH]1. The molecule has 0 atom stereocenters. The molecule has 1 aliphatic heterocycles. The Morgan fingerprint density at radius 3 is 2.80 bits per heavy atom. The van der Waals surface area contributed by atoms with Gasteiger partial charge >= 0.3 is 0 Å². The van der Waals surface area contributed by atoms with Crippen LogP contribution in [0.1, 0.15) is 5.82 Å². The number of benzene rings is 1. The molecule has 1 aliphatic rings. The van der Waals surface area contributed by atoms with Gasteiger partial charge in [-0.05, 0) is 25.1 Å². The van der Waals surface area contributed by atoms with Gasteiger partial charge in [0.2, 0.25) is 5.91 Å². The fraction of sp³-hybridized carbons (Fsp3) is 0.357. The number of likely N-dealkylation sites (N-methyl/N-ethyl adjacent to an activating group) is 1. The van der Waals surface area contributed by atoms with Crippen LogP contribution in [-0.4, -0.2) is 47.5 Å². The molecular formula is C14H16N4O2. The van der Waals surface area contributed by atoms with E-state index in [9.17, 15) is 9.59 Å². The van der Waals surface area contributed by atoms with Gasteiger partial charge in [-0.3, -0.25) is 9.59 Å². The lowest BCUT2D eigenvalue weighted by Gasteiger charge is -2.33. The summed E-state index contributed by atoms with van der Waals surface area (Å²) in [6, 6.07) is 5.54. The van der Waals surface area contributed by atoms with Gasteiger partial charge in [-0.15, -0.1) is 0 Å². The summed E-state index contributed by atoms with van der Waals surface area (Å²) in [7, 11) is 1.80. The van der Waals surface area contributed by atoms with Crippen LogP contribution in [-0.2, 0) is 4.79 Å². The number of nitrogens with one attached hydrogen (secondary N) is 1. The van der Waals surface area contributed by atoms with Gasteiger partial charge in [0.15, 0.2) is 0 Å². The van der Waals surface area contributed by atoms with Crippen LogP contribution >= 0.6 is 0 Å². The van der Waals surface area contributed by atoms with Crippen molar-refractivity contribution >= 4 is 22.5 Å². The number of piperazine rings is 1. The molecule has 104 valence electrons. The third-order valence-corrected chi connectivity index (χ3v) is 3.63. The Labute approximate surface area is 116 Å². The first-order valence-electron chi connectivity index (χ1n) is 6.54. The molecule has 0 spiro atoms. The molecule has 6 nitrogen and oxygen atoms in total. The monoisotopic (exact) mass is 272 g/mol. The predicted molar refractivity (Wildman–Crippen MR) is 77.0 cm³/mol. The van der Waals surface area contributed by atoms with Crippen molar-refractivity contribution in [2.45, 2.75) is 6.92 Å². The van der Waals surface area contributed by atoms with Crippen molar-refractivity contribution in [1.82, 2.24) is 14.9 Å². The zero-order valence-corrected chi connectivity index (χ0v) is 11.5. The first-order valence-corrected chi connectivity index (χ1v) is 6.54. The molecule has 1 aromatic carbocycles.